The molecule has 0 fully saturated rings. The minimum Gasteiger partial charge on any atom is -0.322 e. The minimum absolute atomic E-state index is 0.0687. The Labute approximate surface area is 196 Å². The molecule has 10 heteroatoms. The molecule has 0 radical (unpaired) electrons. The molecule has 168 valence electrons. The highest BCUT2D eigenvalue weighted by Gasteiger charge is 2.27. The average Bonchev–Trinajstić information content (AvgIpc) is 2.72. The van der Waals surface area contributed by atoms with Crippen LogP contribution < -0.4 is 9.62 Å². The molecule has 0 spiro atoms. The van der Waals surface area contributed by atoms with Crippen molar-refractivity contribution in [1.29, 1.82) is 0 Å². The van der Waals surface area contributed by atoms with Gasteiger partial charge in [-0.05, 0) is 48.0 Å². The lowest BCUT2D eigenvalue weighted by atomic mass is 10.1. The molecular formula is C22H20Cl2FN3O3S. The third-order valence-corrected chi connectivity index (χ3v) is 6.77. The highest BCUT2D eigenvalue weighted by Crippen LogP contribution is 2.26. The third-order valence-electron chi connectivity index (χ3n) is 4.52. The number of rotatable bonds is 7. The number of halogens is 3. The van der Waals surface area contributed by atoms with Crippen LogP contribution in [-0.2, 0) is 16.8 Å². The van der Waals surface area contributed by atoms with Crippen LogP contribution in [0, 0.1) is 5.82 Å². The monoisotopic (exact) mass is 495 g/mol. The molecule has 0 bridgehead atoms. The Hall–Kier alpha value is -2.65. The third kappa shape index (κ3) is 5.58. The Kier molecular flexibility index (Phi) is 7.40. The van der Waals surface area contributed by atoms with Gasteiger partial charge in [0.05, 0.1) is 12.2 Å². The number of carbonyl (C=O) groups excluding carboxylic acids is 1. The summed E-state index contributed by atoms with van der Waals surface area (Å²) in [6, 6.07) is 16.7. The smallest absolute Gasteiger partial charge is 0.303 e. The largest absolute Gasteiger partial charge is 0.322 e. The Bertz CT molecular complexity index is 1220. The van der Waals surface area contributed by atoms with E-state index in [4.69, 9.17) is 23.2 Å². The van der Waals surface area contributed by atoms with Crippen molar-refractivity contribution in [1.82, 2.24) is 4.31 Å². The van der Waals surface area contributed by atoms with Gasteiger partial charge < -0.3 is 5.32 Å². The molecule has 0 heterocycles. The number of carbonyl (C=O) groups is 1. The van der Waals surface area contributed by atoms with Gasteiger partial charge >= 0.3 is 10.2 Å². The number of hydrogen-bond donors (Lipinski definition) is 1. The van der Waals surface area contributed by atoms with Crippen LogP contribution in [0.1, 0.15) is 15.9 Å². The van der Waals surface area contributed by atoms with Gasteiger partial charge in [-0.15, -0.1) is 0 Å². The van der Waals surface area contributed by atoms with E-state index in [1.165, 1.54) is 32.3 Å². The number of nitrogens with zero attached hydrogens (tertiary/aromatic N) is 2. The summed E-state index contributed by atoms with van der Waals surface area (Å²) in [4.78, 5) is 12.5. The molecule has 0 saturated carbocycles. The summed E-state index contributed by atoms with van der Waals surface area (Å²) in [6.45, 7) is -0.118. The van der Waals surface area contributed by atoms with Crippen molar-refractivity contribution in [3.05, 3.63) is 93.7 Å². The molecule has 0 aliphatic rings. The van der Waals surface area contributed by atoms with Gasteiger partial charge in [-0.1, -0.05) is 47.5 Å². The SMILES string of the molecule is CN(C)S(=O)(=O)N(Cc1ccc(C(=O)Nc2cc(Cl)cc(Cl)c2)cc1)c1ccccc1F. The summed E-state index contributed by atoms with van der Waals surface area (Å²) in [5, 5.41) is 3.48. The standard InChI is InChI=1S/C22H20Cl2FN3O3S/c1-27(2)32(30,31)28(21-6-4-3-5-20(21)25)14-15-7-9-16(10-8-15)22(29)26-19-12-17(23)11-18(24)13-19/h3-13H,14H2,1-2H3,(H,26,29). The predicted molar refractivity (Wildman–Crippen MR) is 126 cm³/mol. The van der Waals surface area contributed by atoms with E-state index in [1.54, 1.807) is 48.5 Å². The number of anilines is 2. The van der Waals surface area contributed by atoms with Crippen LogP contribution in [0.25, 0.3) is 0 Å². The maximum absolute atomic E-state index is 14.4. The molecule has 0 unspecified atom stereocenters. The minimum atomic E-state index is -3.97. The van der Waals surface area contributed by atoms with E-state index in [0.29, 0.717) is 26.9 Å². The molecule has 0 aliphatic carbocycles. The van der Waals surface area contributed by atoms with Gasteiger partial charge in [0.15, 0.2) is 0 Å². The summed E-state index contributed by atoms with van der Waals surface area (Å²) >= 11 is 11.9. The van der Waals surface area contributed by atoms with E-state index in [9.17, 15) is 17.6 Å². The lowest BCUT2D eigenvalue weighted by molar-refractivity contribution is 0.102. The Morgan fingerprint density at radius 2 is 1.56 bits per heavy atom. The van der Waals surface area contributed by atoms with Crippen molar-refractivity contribution in [2.45, 2.75) is 6.54 Å². The molecule has 1 N–H and O–H groups in total. The van der Waals surface area contributed by atoms with E-state index < -0.39 is 16.0 Å². The number of nitrogens with one attached hydrogen (secondary N) is 1. The van der Waals surface area contributed by atoms with Gasteiger partial charge in [-0.3, -0.25) is 9.10 Å². The quantitative estimate of drug-likeness (QED) is 0.489. The maximum Gasteiger partial charge on any atom is 0.303 e. The Morgan fingerprint density at radius 3 is 2.12 bits per heavy atom. The second-order valence-electron chi connectivity index (χ2n) is 7.06. The fourth-order valence-electron chi connectivity index (χ4n) is 2.90. The van der Waals surface area contributed by atoms with E-state index in [-0.39, 0.29) is 18.1 Å². The van der Waals surface area contributed by atoms with Crippen molar-refractivity contribution in [2.75, 3.05) is 23.7 Å². The topological polar surface area (TPSA) is 69.7 Å². The van der Waals surface area contributed by atoms with E-state index >= 15 is 0 Å². The average molecular weight is 496 g/mol. The summed E-state index contributed by atoms with van der Waals surface area (Å²) < 4.78 is 42.0. The molecule has 32 heavy (non-hydrogen) atoms. The summed E-state index contributed by atoms with van der Waals surface area (Å²) in [7, 11) is -1.22. The van der Waals surface area contributed by atoms with E-state index in [1.807, 2.05) is 0 Å². The molecule has 6 nitrogen and oxygen atoms in total. The lowest BCUT2D eigenvalue weighted by Crippen LogP contribution is -2.40. The van der Waals surface area contributed by atoms with Crippen molar-refractivity contribution in [2.24, 2.45) is 0 Å². The van der Waals surface area contributed by atoms with Gasteiger partial charge in [0.1, 0.15) is 5.82 Å². The molecule has 3 aromatic rings. The molecule has 1 amide bonds. The van der Waals surface area contributed by atoms with Crippen LogP contribution in [0.2, 0.25) is 10.0 Å². The second-order valence-corrected chi connectivity index (χ2v) is 10.00. The molecule has 3 aromatic carbocycles. The van der Waals surface area contributed by atoms with Crippen molar-refractivity contribution >= 4 is 50.7 Å². The van der Waals surface area contributed by atoms with Crippen LogP contribution in [0.15, 0.2) is 66.7 Å². The first-order valence-electron chi connectivity index (χ1n) is 9.39. The summed E-state index contributed by atoms with van der Waals surface area (Å²) in [5.74, 6) is -1.05. The summed E-state index contributed by atoms with van der Waals surface area (Å²) in [5.41, 5.74) is 1.29. The van der Waals surface area contributed by atoms with Gasteiger partial charge in [-0.25, -0.2) is 4.39 Å². The van der Waals surface area contributed by atoms with Crippen LogP contribution >= 0.6 is 23.2 Å². The first kappa shape index (κ1) is 24.0. The molecular weight excluding hydrogens is 476 g/mol. The Morgan fingerprint density at radius 1 is 0.969 bits per heavy atom. The highest BCUT2D eigenvalue weighted by molar-refractivity contribution is 7.90. The number of amides is 1. The lowest BCUT2D eigenvalue weighted by Gasteiger charge is -2.27. The fraction of sp³-hybridized carbons (Fsp3) is 0.136. The van der Waals surface area contributed by atoms with Gasteiger partial charge in [-0.2, -0.15) is 12.7 Å². The number of para-hydroxylation sites is 1. The molecule has 0 atom stereocenters. The van der Waals surface area contributed by atoms with Crippen molar-refractivity contribution in [3.8, 4) is 0 Å². The van der Waals surface area contributed by atoms with Crippen LogP contribution in [0.4, 0.5) is 15.8 Å². The second kappa shape index (κ2) is 9.87. The van der Waals surface area contributed by atoms with E-state index in [0.717, 1.165) is 8.61 Å². The van der Waals surface area contributed by atoms with Crippen LogP contribution in [0.5, 0.6) is 0 Å². The molecule has 0 saturated heterocycles. The van der Waals surface area contributed by atoms with Gasteiger partial charge in [0.2, 0.25) is 0 Å². The fourth-order valence-corrected chi connectivity index (χ4v) is 4.53. The van der Waals surface area contributed by atoms with Gasteiger partial charge in [0, 0.05) is 35.4 Å². The zero-order valence-corrected chi connectivity index (χ0v) is 19.5. The molecule has 3 rings (SSSR count). The maximum atomic E-state index is 14.4. The first-order chi connectivity index (χ1) is 15.1. The molecule has 0 aromatic heterocycles. The molecule has 0 aliphatic heterocycles. The van der Waals surface area contributed by atoms with Gasteiger partial charge in [0.25, 0.3) is 5.91 Å². The van der Waals surface area contributed by atoms with E-state index in [2.05, 4.69) is 5.32 Å². The first-order valence-corrected chi connectivity index (χ1v) is 11.5. The number of hydrogen-bond acceptors (Lipinski definition) is 3. The van der Waals surface area contributed by atoms with Crippen molar-refractivity contribution in [3.63, 3.8) is 0 Å². The van der Waals surface area contributed by atoms with Crippen LogP contribution in [-0.4, -0.2) is 32.7 Å². The van der Waals surface area contributed by atoms with Crippen LogP contribution in [0.3, 0.4) is 0 Å². The zero-order chi connectivity index (χ0) is 23.5. The predicted octanol–water partition coefficient (Wildman–Crippen LogP) is 5.20. The normalized spacial score (nSPS) is 11.4. The van der Waals surface area contributed by atoms with Crippen molar-refractivity contribution < 1.29 is 17.6 Å². The Balaban J connectivity index is 1.83. The summed E-state index contributed by atoms with van der Waals surface area (Å²) in [6.07, 6.45) is 0. The number of benzene rings is 3. The highest BCUT2D eigenvalue weighted by atomic mass is 35.5. The zero-order valence-electron chi connectivity index (χ0n) is 17.2.